The topological polar surface area (TPSA) is 47.7 Å². The SMILES string of the molecule is CCCOc1cc(N)cc(N2CCOCC2CC)c1. The van der Waals surface area contributed by atoms with Crippen LogP contribution in [-0.2, 0) is 4.74 Å². The molecule has 1 aliphatic rings. The number of hydrogen-bond acceptors (Lipinski definition) is 4. The lowest BCUT2D eigenvalue weighted by molar-refractivity contribution is 0.0930. The molecule has 0 aromatic heterocycles. The Labute approximate surface area is 115 Å². The Kier molecular flexibility index (Phi) is 4.91. The summed E-state index contributed by atoms with van der Waals surface area (Å²) in [5.41, 5.74) is 7.88. The molecule has 0 spiro atoms. The van der Waals surface area contributed by atoms with Crippen molar-refractivity contribution in [3.63, 3.8) is 0 Å². The quantitative estimate of drug-likeness (QED) is 0.831. The molecule has 0 aliphatic carbocycles. The summed E-state index contributed by atoms with van der Waals surface area (Å²) in [7, 11) is 0. The van der Waals surface area contributed by atoms with Gasteiger partial charge in [-0.15, -0.1) is 0 Å². The minimum absolute atomic E-state index is 0.426. The Morgan fingerprint density at radius 2 is 2.21 bits per heavy atom. The molecule has 4 heteroatoms. The van der Waals surface area contributed by atoms with E-state index >= 15 is 0 Å². The number of nitrogens with two attached hydrogens (primary N) is 1. The van der Waals surface area contributed by atoms with E-state index in [1.165, 1.54) is 0 Å². The van der Waals surface area contributed by atoms with Crippen molar-refractivity contribution < 1.29 is 9.47 Å². The number of nitrogens with zero attached hydrogens (tertiary/aromatic N) is 1. The van der Waals surface area contributed by atoms with Gasteiger partial charge in [-0.25, -0.2) is 0 Å². The minimum Gasteiger partial charge on any atom is -0.493 e. The molecule has 4 nitrogen and oxygen atoms in total. The third-order valence-electron chi connectivity index (χ3n) is 3.42. The molecule has 2 N–H and O–H groups in total. The Morgan fingerprint density at radius 3 is 2.95 bits per heavy atom. The summed E-state index contributed by atoms with van der Waals surface area (Å²) in [5.74, 6) is 0.859. The van der Waals surface area contributed by atoms with Crippen molar-refractivity contribution in [2.24, 2.45) is 0 Å². The number of anilines is 2. The van der Waals surface area contributed by atoms with Gasteiger partial charge in [0, 0.05) is 30.1 Å². The molecule has 1 aromatic carbocycles. The monoisotopic (exact) mass is 264 g/mol. The van der Waals surface area contributed by atoms with Gasteiger partial charge in [0.25, 0.3) is 0 Å². The second-order valence-electron chi connectivity index (χ2n) is 4.94. The number of morpholine rings is 1. The van der Waals surface area contributed by atoms with Crippen molar-refractivity contribution in [3.05, 3.63) is 18.2 Å². The fourth-order valence-electron chi connectivity index (χ4n) is 2.41. The third-order valence-corrected chi connectivity index (χ3v) is 3.42. The van der Waals surface area contributed by atoms with Gasteiger partial charge in [0.05, 0.1) is 25.9 Å². The van der Waals surface area contributed by atoms with Crippen LogP contribution in [0.15, 0.2) is 18.2 Å². The van der Waals surface area contributed by atoms with E-state index in [0.717, 1.165) is 56.3 Å². The van der Waals surface area contributed by atoms with Gasteiger partial charge in [0.15, 0.2) is 0 Å². The Hall–Kier alpha value is -1.42. The van der Waals surface area contributed by atoms with Crippen molar-refractivity contribution in [1.29, 1.82) is 0 Å². The number of hydrogen-bond donors (Lipinski definition) is 1. The zero-order chi connectivity index (χ0) is 13.7. The van der Waals surface area contributed by atoms with Crippen LogP contribution in [0.1, 0.15) is 26.7 Å². The molecule has 0 radical (unpaired) electrons. The lowest BCUT2D eigenvalue weighted by Crippen LogP contribution is -2.45. The van der Waals surface area contributed by atoms with E-state index in [-0.39, 0.29) is 0 Å². The Balaban J connectivity index is 2.19. The molecule has 1 atom stereocenters. The first-order chi connectivity index (χ1) is 9.24. The van der Waals surface area contributed by atoms with Gasteiger partial charge in [-0.3, -0.25) is 0 Å². The summed E-state index contributed by atoms with van der Waals surface area (Å²) < 4.78 is 11.2. The highest BCUT2D eigenvalue weighted by molar-refractivity contribution is 5.61. The maximum Gasteiger partial charge on any atom is 0.123 e. The zero-order valence-electron chi connectivity index (χ0n) is 11.9. The first-order valence-corrected chi connectivity index (χ1v) is 7.12. The van der Waals surface area contributed by atoms with Crippen LogP contribution >= 0.6 is 0 Å². The van der Waals surface area contributed by atoms with Crippen LogP contribution in [-0.4, -0.2) is 32.4 Å². The van der Waals surface area contributed by atoms with Crippen LogP contribution in [0.25, 0.3) is 0 Å². The van der Waals surface area contributed by atoms with Gasteiger partial charge in [-0.05, 0) is 18.9 Å². The molecule has 0 amide bonds. The maximum atomic E-state index is 5.99. The summed E-state index contributed by atoms with van der Waals surface area (Å²) >= 11 is 0. The second-order valence-corrected chi connectivity index (χ2v) is 4.94. The lowest BCUT2D eigenvalue weighted by atomic mass is 10.1. The zero-order valence-corrected chi connectivity index (χ0v) is 11.9. The normalized spacial score (nSPS) is 19.5. The van der Waals surface area contributed by atoms with Gasteiger partial charge < -0.3 is 20.1 Å². The summed E-state index contributed by atoms with van der Waals surface area (Å²) in [5, 5.41) is 0. The molecule has 106 valence electrons. The number of ether oxygens (including phenoxy) is 2. The van der Waals surface area contributed by atoms with E-state index in [2.05, 4.69) is 24.8 Å². The van der Waals surface area contributed by atoms with Crippen molar-refractivity contribution in [2.75, 3.05) is 37.0 Å². The fraction of sp³-hybridized carbons (Fsp3) is 0.600. The van der Waals surface area contributed by atoms with E-state index in [9.17, 15) is 0 Å². The molecule has 1 aliphatic heterocycles. The average molecular weight is 264 g/mol. The molecule has 1 fully saturated rings. The van der Waals surface area contributed by atoms with Gasteiger partial charge in [0.2, 0.25) is 0 Å². The second kappa shape index (κ2) is 6.66. The van der Waals surface area contributed by atoms with Gasteiger partial charge >= 0.3 is 0 Å². The predicted molar refractivity (Wildman–Crippen MR) is 78.9 cm³/mol. The largest absolute Gasteiger partial charge is 0.493 e. The average Bonchev–Trinajstić information content (AvgIpc) is 2.44. The molecule has 1 aromatic rings. The molecule has 1 unspecified atom stereocenters. The summed E-state index contributed by atoms with van der Waals surface area (Å²) in [4.78, 5) is 2.37. The molecule has 0 bridgehead atoms. The third kappa shape index (κ3) is 3.53. The molecule has 1 heterocycles. The fourth-order valence-corrected chi connectivity index (χ4v) is 2.41. The van der Waals surface area contributed by atoms with Crippen LogP contribution in [0.5, 0.6) is 5.75 Å². The van der Waals surface area contributed by atoms with Crippen molar-refractivity contribution in [2.45, 2.75) is 32.7 Å². The lowest BCUT2D eigenvalue weighted by Gasteiger charge is -2.37. The first kappa shape index (κ1) is 14.0. The molecule has 0 saturated carbocycles. The van der Waals surface area contributed by atoms with E-state index in [1.807, 2.05) is 12.1 Å². The Bertz CT molecular complexity index is 409. The van der Waals surface area contributed by atoms with Crippen molar-refractivity contribution in [1.82, 2.24) is 0 Å². The van der Waals surface area contributed by atoms with Crippen LogP contribution < -0.4 is 15.4 Å². The van der Waals surface area contributed by atoms with Gasteiger partial charge in [-0.1, -0.05) is 13.8 Å². The number of rotatable bonds is 5. The smallest absolute Gasteiger partial charge is 0.123 e. The number of nitrogen functional groups attached to an aromatic ring is 1. The van der Waals surface area contributed by atoms with Gasteiger partial charge in [-0.2, -0.15) is 0 Å². The minimum atomic E-state index is 0.426. The summed E-state index contributed by atoms with van der Waals surface area (Å²) in [6.07, 6.45) is 2.07. The summed E-state index contributed by atoms with van der Waals surface area (Å²) in [6.45, 7) is 7.49. The highest BCUT2D eigenvalue weighted by Crippen LogP contribution is 2.28. The highest BCUT2D eigenvalue weighted by atomic mass is 16.5. The number of benzene rings is 1. The summed E-state index contributed by atoms with van der Waals surface area (Å²) in [6, 6.07) is 6.42. The van der Waals surface area contributed by atoms with Gasteiger partial charge in [0.1, 0.15) is 5.75 Å². The van der Waals surface area contributed by atoms with Crippen LogP contribution in [0, 0.1) is 0 Å². The molecule has 19 heavy (non-hydrogen) atoms. The Morgan fingerprint density at radius 1 is 1.37 bits per heavy atom. The molecular weight excluding hydrogens is 240 g/mol. The molecule has 1 saturated heterocycles. The van der Waals surface area contributed by atoms with E-state index < -0.39 is 0 Å². The van der Waals surface area contributed by atoms with E-state index in [1.54, 1.807) is 0 Å². The van der Waals surface area contributed by atoms with E-state index in [4.69, 9.17) is 15.2 Å². The standard InChI is InChI=1S/C15H24N2O2/c1-3-6-19-15-9-12(16)8-14(10-15)17-5-7-18-11-13(17)4-2/h8-10,13H,3-7,11,16H2,1-2H3. The molecular formula is C15H24N2O2. The van der Waals surface area contributed by atoms with Crippen LogP contribution in [0.2, 0.25) is 0 Å². The van der Waals surface area contributed by atoms with Crippen LogP contribution in [0.3, 0.4) is 0 Å². The van der Waals surface area contributed by atoms with E-state index in [0.29, 0.717) is 6.04 Å². The highest BCUT2D eigenvalue weighted by Gasteiger charge is 2.22. The van der Waals surface area contributed by atoms with Crippen LogP contribution in [0.4, 0.5) is 11.4 Å². The first-order valence-electron chi connectivity index (χ1n) is 7.12. The maximum absolute atomic E-state index is 5.99. The van der Waals surface area contributed by atoms with Crippen molar-refractivity contribution in [3.8, 4) is 5.75 Å². The predicted octanol–water partition coefficient (Wildman–Crippen LogP) is 2.67. The van der Waals surface area contributed by atoms with Crippen molar-refractivity contribution >= 4 is 11.4 Å². The molecule has 2 rings (SSSR count).